The van der Waals surface area contributed by atoms with Crippen LogP contribution in [0.25, 0.3) is 5.57 Å². The van der Waals surface area contributed by atoms with Crippen LogP contribution < -0.4 is 0 Å². The van der Waals surface area contributed by atoms with E-state index in [1.165, 1.54) is 11.8 Å². The standard InChI is InChI=1S/C20H25BrO4S/c1-7-20(6)17(25-19(23)24-10-11(2)3)16(18(22)26-20)15-12(4)8-14(21)9-13(15)5/h8-9,11H,7,10H2,1-6H3. The summed E-state index contributed by atoms with van der Waals surface area (Å²) in [5, 5.41) is -0.0745. The summed E-state index contributed by atoms with van der Waals surface area (Å²) in [5.41, 5.74) is 3.22. The van der Waals surface area contributed by atoms with Crippen molar-refractivity contribution in [2.75, 3.05) is 6.61 Å². The lowest BCUT2D eigenvalue weighted by molar-refractivity contribution is -0.106. The lowest BCUT2D eigenvalue weighted by atomic mass is 9.92. The predicted molar refractivity (Wildman–Crippen MR) is 109 cm³/mol. The van der Waals surface area contributed by atoms with Gasteiger partial charge in [-0.3, -0.25) is 4.79 Å². The first-order valence-corrected chi connectivity index (χ1v) is 10.3. The Hall–Kier alpha value is -1.27. The Bertz CT molecular complexity index is 746. The zero-order valence-corrected chi connectivity index (χ0v) is 18.5. The van der Waals surface area contributed by atoms with E-state index >= 15 is 0 Å². The Labute approximate surface area is 167 Å². The van der Waals surface area contributed by atoms with E-state index in [-0.39, 0.29) is 17.6 Å². The molecule has 2 rings (SSSR count). The van der Waals surface area contributed by atoms with Gasteiger partial charge < -0.3 is 9.47 Å². The van der Waals surface area contributed by atoms with E-state index in [2.05, 4.69) is 15.9 Å². The fourth-order valence-electron chi connectivity index (χ4n) is 2.92. The quantitative estimate of drug-likeness (QED) is 0.523. The highest BCUT2D eigenvalue weighted by Gasteiger charge is 2.46. The van der Waals surface area contributed by atoms with Gasteiger partial charge in [0.25, 0.3) is 0 Å². The molecule has 142 valence electrons. The summed E-state index contributed by atoms with van der Waals surface area (Å²) in [6, 6.07) is 3.92. The van der Waals surface area contributed by atoms with Crippen molar-refractivity contribution in [2.24, 2.45) is 5.92 Å². The molecule has 1 atom stereocenters. The van der Waals surface area contributed by atoms with Crippen LogP contribution in [0.1, 0.15) is 50.8 Å². The van der Waals surface area contributed by atoms with E-state index in [4.69, 9.17) is 9.47 Å². The van der Waals surface area contributed by atoms with Crippen molar-refractivity contribution in [1.29, 1.82) is 0 Å². The van der Waals surface area contributed by atoms with Crippen LogP contribution in [0, 0.1) is 19.8 Å². The Balaban J connectivity index is 2.54. The van der Waals surface area contributed by atoms with Crippen molar-refractivity contribution in [2.45, 2.75) is 52.7 Å². The first-order valence-electron chi connectivity index (χ1n) is 8.68. The van der Waals surface area contributed by atoms with Gasteiger partial charge in [-0.25, -0.2) is 4.79 Å². The summed E-state index contributed by atoms with van der Waals surface area (Å²) >= 11 is 4.69. The lowest BCUT2D eigenvalue weighted by Crippen LogP contribution is -2.24. The van der Waals surface area contributed by atoms with E-state index < -0.39 is 10.9 Å². The van der Waals surface area contributed by atoms with Gasteiger partial charge in [-0.15, -0.1) is 0 Å². The van der Waals surface area contributed by atoms with Crippen LogP contribution in [0.3, 0.4) is 0 Å². The lowest BCUT2D eigenvalue weighted by Gasteiger charge is -2.23. The molecule has 0 spiro atoms. The van der Waals surface area contributed by atoms with Crippen LogP contribution in [0.5, 0.6) is 0 Å². The summed E-state index contributed by atoms with van der Waals surface area (Å²) in [4.78, 5) is 25.1. The average molecular weight is 441 g/mol. The van der Waals surface area contributed by atoms with E-state index in [0.717, 1.165) is 21.2 Å². The van der Waals surface area contributed by atoms with E-state index in [0.29, 0.717) is 17.8 Å². The number of thioether (sulfide) groups is 1. The minimum atomic E-state index is -0.756. The first-order chi connectivity index (χ1) is 12.1. The van der Waals surface area contributed by atoms with Crippen molar-refractivity contribution in [3.05, 3.63) is 39.1 Å². The Kier molecular flexibility index (Phi) is 6.61. The molecule has 4 nitrogen and oxygen atoms in total. The minimum Gasteiger partial charge on any atom is -0.434 e. The monoisotopic (exact) mass is 440 g/mol. The molecule has 26 heavy (non-hydrogen) atoms. The smallest absolute Gasteiger partial charge is 0.434 e. The van der Waals surface area contributed by atoms with Gasteiger partial charge in [0.2, 0.25) is 5.12 Å². The summed E-state index contributed by atoms with van der Waals surface area (Å²) in [7, 11) is 0. The van der Waals surface area contributed by atoms with Crippen molar-refractivity contribution < 1.29 is 19.1 Å². The molecule has 0 saturated carbocycles. The van der Waals surface area contributed by atoms with Crippen LogP contribution in [0.2, 0.25) is 0 Å². The molecule has 1 heterocycles. The zero-order valence-electron chi connectivity index (χ0n) is 16.1. The van der Waals surface area contributed by atoms with Crippen LogP contribution in [-0.4, -0.2) is 22.6 Å². The number of aryl methyl sites for hydroxylation is 2. The Morgan fingerprint density at radius 1 is 1.27 bits per heavy atom. The van der Waals surface area contributed by atoms with Crippen LogP contribution in [-0.2, 0) is 14.3 Å². The number of benzene rings is 1. The molecule has 0 saturated heterocycles. The summed E-state index contributed by atoms with van der Waals surface area (Å²) in [6.07, 6.45) is -0.0949. The van der Waals surface area contributed by atoms with Crippen molar-refractivity contribution >= 4 is 44.5 Å². The maximum absolute atomic E-state index is 12.9. The molecule has 1 unspecified atom stereocenters. The van der Waals surface area contributed by atoms with Gasteiger partial charge in [-0.05, 0) is 61.9 Å². The third-order valence-electron chi connectivity index (χ3n) is 4.37. The molecular formula is C20H25BrO4S. The van der Waals surface area contributed by atoms with Gasteiger partial charge in [0.15, 0.2) is 0 Å². The predicted octanol–water partition coefficient (Wildman–Crippen LogP) is 6.03. The van der Waals surface area contributed by atoms with Gasteiger partial charge in [-0.1, -0.05) is 48.5 Å². The molecule has 0 aliphatic carbocycles. The number of hydrogen-bond donors (Lipinski definition) is 0. The number of rotatable bonds is 5. The topological polar surface area (TPSA) is 52.6 Å². The molecule has 0 bridgehead atoms. The summed E-state index contributed by atoms with van der Waals surface area (Å²) < 4.78 is 11.2. The molecule has 6 heteroatoms. The molecule has 0 aromatic heterocycles. The molecule has 1 aliphatic rings. The maximum Gasteiger partial charge on any atom is 0.513 e. The number of carbonyl (C=O) groups excluding carboxylic acids is 2. The van der Waals surface area contributed by atoms with E-state index in [9.17, 15) is 9.59 Å². The van der Waals surface area contributed by atoms with Crippen LogP contribution in [0.4, 0.5) is 4.79 Å². The highest BCUT2D eigenvalue weighted by atomic mass is 79.9. The zero-order chi connectivity index (χ0) is 19.6. The van der Waals surface area contributed by atoms with Crippen molar-refractivity contribution in [3.63, 3.8) is 0 Å². The van der Waals surface area contributed by atoms with Gasteiger partial charge in [0, 0.05) is 4.47 Å². The first kappa shape index (κ1) is 21.0. The SMILES string of the molecule is CCC1(C)SC(=O)C(c2c(C)cc(Br)cc2C)=C1OC(=O)OCC(C)C. The molecule has 0 fully saturated rings. The van der Waals surface area contributed by atoms with Crippen molar-refractivity contribution in [1.82, 2.24) is 0 Å². The van der Waals surface area contributed by atoms with Gasteiger partial charge >= 0.3 is 6.16 Å². The van der Waals surface area contributed by atoms with Gasteiger partial charge in [-0.2, -0.15) is 0 Å². The highest BCUT2D eigenvalue weighted by Crippen LogP contribution is 2.50. The number of halogens is 1. The third-order valence-corrected chi connectivity index (χ3v) is 6.14. The Morgan fingerprint density at radius 3 is 2.35 bits per heavy atom. The fourth-order valence-corrected chi connectivity index (χ4v) is 4.69. The number of carbonyl (C=O) groups is 2. The number of hydrogen-bond acceptors (Lipinski definition) is 5. The third kappa shape index (κ3) is 4.34. The minimum absolute atomic E-state index is 0.0745. The number of ether oxygens (including phenoxy) is 2. The molecule has 1 aromatic carbocycles. The van der Waals surface area contributed by atoms with E-state index in [1.807, 2.05) is 53.7 Å². The molecule has 1 aliphatic heterocycles. The van der Waals surface area contributed by atoms with Gasteiger partial charge in [0.1, 0.15) is 5.76 Å². The Morgan fingerprint density at radius 2 is 1.85 bits per heavy atom. The molecular weight excluding hydrogens is 416 g/mol. The fraction of sp³-hybridized carbons (Fsp3) is 0.500. The second-order valence-corrected chi connectivity index (χ2v) is 9.54. The highest BCUT2D eigenvalue weighted by molar-refractivity contribution is 9.10. The molecule has 0 amide bonds. The largest absolute Gasteiger partial charge is 0.513 e. The van der Waals surface area contributed by atoms with Gasteiger partial charge in [0.05, 0.1) is 16.9 Å². The van der Waals surface area contributed by atoms with Crippen molar-refractivity contribution in [3.8, 4) is 0 Å². The average Bonchev–Trinajstić information content (AvgIpc) is 2.77. The second kappa shape index (κ2) is 8.17. The molecule has 0 radical (unpaired) electrons. The van der Waals surface area contributed by atoms with Crippen LogP contribution in [0.15, 0.2) is 22.4 Å². The normalized spacial score (nSPS) is 20.1. The van der Waals surface area contributed by atoms with E-state index in [1.54, 1.807) is 0 Å². The second-order valence-electron chi connectivity index (χ2n) is 7.15. The molecule has 0 N–H and O–H groups in total. The maximum atomic E-state index is 12.9. The molecule has 1 aromatic rings. The summed E-state index contributed by atoms with van der Waals surface area (Å²) in [6.45, 7) is 12.0. The van der Waals surface area contributed by atoms with Crippen LogP contribution >= 0.6 is 27.7 Å². The summed E-state index contributed by atoms with van der Waals surface area (Å²) in [5.74, 6) is 0.612.